The number of carboxylic acid groups (broad SMARTS) is 2. The first kappa shape index (κ1) is 26.2. The van der Waals surface area contributed by atoms with Crippen LogP contribution in [0.25, 0.3) is 10.8 Å². The molecule has 2 fully saturated rings. The van der Waals surface area contributed by atoms with E-state index in [9.17, 15) is 29.4 Å². The average Bonchev–Trinajstić information content (AvgIpc) is 3.43. The van der Waals surface area contributed by atoms with Crippen molar-refractivity contribution < 1.29 is 34.1 Å². The number of benzene rings is 4. The molecule has 0 aliphatic carbocycles. The van der Waals surface area contributed by atoms with Crippen LogP contribution < -0.4 is 10.1 Å². The number of nitrogens with zero attached hydrogens (tertiary/aromatic N) is 1. The van der Waals surface area contributed by atoms with Crippen LogP contribution in [-0.2, 0) is 25.7 Å². The normalized spacial score (nSPS) is 23.5. The lowest BCUT2D eigenvalue weighted by Crippen LogP contribution is -2.56. The maximum absolute atomic E-state index is 13.9. The summed E-state index contributed by atoms with van der Waals surface area (Å²) in [5.74, 6) is -5.47. The van der Waals surface area contributed by atoms with Gasteiger partial charge in [-0.3, -0.25) is 29.4 Å². The Labute approximate surface area is 235 Å². The summed E-state index contributed by atoms with van der Waals surface area (Å²) in [6.45, 7) is -0.0502. The number of carbonyl (C=O) groups is 4. The summed E-state index contributed by atoms with van der Waals surface area (Å²) in [5.41, 5.74) is -0.890. The van der Waals surface area contributed by atoms with Gasteiger partial charge in [0.25, 0.3) is 0 Å². The Kier molecular flexibility index (Phi) is 6.51. The summed E-state index contributed by atoms with van der Waals surface area (Å²) in [5, 5.41) is 24.7. The van der Waals surface area contributed by atoms with Crippen LogP contribution >= 0.6 is 0 Å². The minimum Gasteiger partial charge on any atom is -0.481 e. The monoisotopic (exact) mass is 550 g/mol. The molecule has 2 aliphatic rings. The van der Waals surface area contributed by atoms with Gasteiger partial charge in [0.05, 0.1) is 24.8 Å². The van der Waals surface area contributed by atoms with Gasteiger partial charge in [0.2, 0.25) is 11.8 Å². The third-order valence-electron chi connectivity index (χ3n) is 7.98. The number of para-hydroxylation sites is 1. The van der Waals surface area contributed by atoms with Crippen LogP contribution in [0.4, 0.5) is 0 Å². The van der Waals surface area contributed by atoms with Crippen LogP contribution in [0.1, 0.15) is 23.6 Å². The Balaban J connectivity index is 1.37. The van der Waals surface area contributed by atoms with Gasteiger partial charge in [-0.2, -0.15) is 0 Å². The third kappa shape index (κ3) is 4.50. The number of likely N-dealkylation sites (tertiary alicyclic amines) is 1. The molecule has 0 aromatic heterocycles. The summed E-state index contributed by atoms with van der Waals surface area (Å²) in [7, 11) is 0. The van der Waals surface area contributed by atoms with Crippen molar-refractivity contribution in [2.45, 2.75) is 24.5 Å². The van der Waals surface area contributed by atoms with E-state index in [1.165, 1.54) is 0 Å². The number of fused-ring (bicyclic) bond motifs is 2. The first-order valence-corrected chi connectivity index (χ1v) is 13.2. The topological polar surface area (TPSA) is 133 Å². The third-order valence-corrected chi connectivity index (χ3v) is 7.98. The van der Waals surface area contributed by atoms with Crippen LogP contribution in [0.5, 0.6) is 11.5 Å². The Hall–Kier alpha value is -5.02. The van der Waals surface area contributed by atoms with E-state index in [0.717, 1.165) is 21.2 Å². The van der Waals surface area contributed by atoms with E-state index in [-0.39, 0.29) is 6.54 Å². The van der Waals surface area contributed by atoms with Gasteiger partial charge >= 0.3 is 11.9 Å². The van der Waals surface area contributed by atoms with Crippen LogP contribution in [0, 0.1) is 11.8 Å². The van der Waals surface area contributed by atoms with Gasteiger partial charge in [-0.15, -0.1) is 0 Å². The van der Waals surface area contributed by atoms with Gasteiger partial charge in [-0.25, -0.2) is 0 Å². The van der Waals surface area contributed by atoms with Crippen molar-refractivity contribution in [3.63, 3.8) is 0 Å². The second-order valence-electron chi connectivity index (χ2n) is 10.4. The first-order valence-electron chi connectivity index (χ1n) is 13.2. The summed E-state index contributed by atoms with van der Waals surface area (Å²) in [6.07, 6.45) is -0.865. The largest absolute Gasteiger partial charge is 0.481 e. The molecule has 41 heavy (non-hydrogen) atoms. The Bertz CT molecular complexity index is 1670. The molecule has 3 N–H and O–H groups in total. The fourth-order valence-corrected chi connectivity index (χ4v) is 6.15. The van der Waals surface area contributed by atoms with Gasteiger partial charge in [-0.1, -0.05) is 72.8 Å². The molecule has 4 unspecified atom stereocenters. The van der Waals surface area contributed by atoms with Crippen molar-refractivity contribution in [1.29, 1.82) is 0 Å². The van der Waals surface area contributed by atoms with Crippen LogP contribution in [0.15, 0.2) is 97.1 Å². The summed E-state index contributed by atoms with van der Waals surface area (Å²) in [4.78, 5) is 53.5. The quantitative estimate of drug-likeness (QED) is 0.276. The number of rotatable bonds is 8. The molecule has 206 valence electrons. The molecule has 9 nitrogen and oxygen atoms in total. The standard InChI is InChI=1S/C32H26N2O7/c35-25(36)17-32(31(39)40)27-26(28(33-32)20-13-15-23(16-14-20)41-22-10-2-1-3-11-22)29(37)34(30(27)38)18-21-9-6-8-19-7-4-5-12-24(19)21/h1-16,26-28,33H,17-18H2,(H,35,36)(H,39,40). The zero-order valence-corrected chi connectivity index (χ0v) is 21.8. The fourth-order valence-electron chi connectivity index (χ4n) is 6.15. The Morgan fingerprint density at radius 1 is 0.805 bits per heavy atom. The highest BCUT2D eigenvalue weighted by Gasteiger charge is 2.69. The van der Waals surface area contributed by atoms with Crippen molar-refractivity contribution in [2.24, 2.45) is 11.8 Å². The number of imide groups is 1. The average molecular weight is 551 g/mol. The molecule has 0 saturated carbocycles. The maximum Gasteiger partial charge on any atom is 0.325 e. The Morgan fingerprint density at radius 2 is 1.46 bits per heavy atom. The van der Waals surface area contributed by atoms with E-state index < -0.39 is 53.6 Å². The molecule has 2 amide bonds. The Morgan fingerprint density at radius 3 is 2.17 bits per heavy atom. The molecule has 4 atom stereocenters. The van der Waals surface area contributed by atoms with Crippen molar-refractivity contribution in [3.05, 3.63) is 108 Å². The minimum atomic E-state index is -2.17. The number of hydrogen-bond donors (Lipinski definition) is 3. The molecule has 2 saturated heterocycles. The second-order valence-corrected chi connectivity index (χ2v) is 10.4. The summed E-state index contributed by atoms with van der Waals surface area (Å²) in [6, 6.07) is 28.2. The van der Waals surface area contributed by atoms with E-state index in [4.69, 9.17) is 4.74 Å². The maximum atomic E-state index is 13.9. The van der Waals surface area contributed by atoms with E-state index in [0.29, 0.717) is 17.1 Å². The van der Waals surface area contributed by atoms with Crippen molar-refractivity contribution in [2.75, 3.05) is 0 Å². The van der Waals surface area contributed by atoms with Crippen molar-refractivity contribution in [3.8, 4) is 11.5 Å². The van der Waals surface area contributed by atoms with E-state index in [1.54, 1.807) is 36.4 Å². The fraction of sp³-hybridized carbons (Fsp3) is 0.188. The zero-order valence-electron chi connectivity index (χ0n) is 21.8. The molecule has 9 heteroatoms. The highest BCUT2D eigenvalue weighted by Crippen LogP contribution is 2.50. The summed E-state index contributed by atoms with van der Waals surface area (Å²) < 4.78 is 5.85. The molecule has 6 rings (SSSR count). The van der Waals surface area contributed by atoms with Crippen LogP contribution in [0.2, 0.25) is 0 Å². The molecule has 4 aromatic carbocycles. The highest BCUT2D eigenvalue weighted by atomic mass is 16.5. The van der Waals surface area contributed by atoms with E-state index in [2.05, 4.69) is 5.32 Å². The predicted octanol–water partition coefficient (Wildman–Crippen LogP) is 4.38. The van der Waals surface area contributed by atoms with E-state index in [1.807, 2.05) is 60.7 Å². The first-order chi connectivity index (χ1) is 19.8. The lowest BCUT2D eigenvalue weighted by Gasteiger charge is -2.30. The molecule has 2 heterocycles. The van der Waals surface area contributed by atoms with Gasteiger partial charge < -0.3 is 14.9 Å². The lowest BCUT2D eigenvalue weighted by atomic mass is 9.77. The number of carboxylic acids is 2. The predicted molar refractivity (Wildman–Crippen MR) is 148 cm³/mol. The molecular weight excluding hydrogens is 524 g/mol. The molecule has 0 radical (unpaired) electrons. The lowest BCUT2D eigenvalue weighted by molar-refractivity contribution is -0.156. The number of nitrogens with one attached hydrogen (secondary N) is 1. The highest BCUT2D eigenvalue weighted by molar-refractivity contribution is 6.10. The van der Waals surface area contributed by atoms with Gasteiger partial charge in [0.1, 0.15) is 17.0 Å². The number of ether oxygens (including phenoxy) is 1. The minimum absolute atomic E-state index is 0.0502. The number of aliphatic carboxylic acids is 2. The van der Waals surface area contributed by atoms with Crippen molar-refractivity contribution >= 4 is 34.5 Å². The molecule has 0 spiro atoms. The molecule has 4 aromatic rings. The van der Waals surface area contributed by atoms with Gasteiger partial charge in [0, 0.05) is 6.04 Å². The summed E-state index contributed by atoms with van der Waals surface area (Å²) >= 11 is 0. The zero-order chi connectivity index (χ0) is 28.7. The SMILES string of the molecule is O=C(O)CC1(C(=O)O)NC(c2ccc(Oc3ccccc3)cc2)C2C(=O)N(Cc3cccc4ccccc34)C(=O)C21. The van der Waals surface area contributed by atoms with E-state index >= 15 is 0 Å². The molecule has 2 aliphatic heterocycles. The molecule has 0 bridgehead atoms. The van der Waals surface area contributed by atoms with Crippen LogP contribution in [0.3, 0.4) is 0 Å². The van der Waals surface area contributed by atoms with Crippen LogP contribution in [-0.4, -0.2) is 44.4 Å². The number of amides is 2. The second kappa shape index (κ2) is 10.2. The van der Waals surface area contributed by atoms with Crippen molar-refractivity contribution in [1.82, 2.24) is 10.2 Å². The number of hydrogen-bond acceptors (Lipinski definition) is 6. The van der Waals surface area contributed by atoms with Gasteiger partial charge in [0.15, 0.2) is 0 Å². The smallest absolute Gasteiger partial charge is 0.325 e. The number of carbonyl (C=O) groups excluding carboxylic acids is 2. The molecular formula is C32H26N2O7. The van der Waals surface area contributed by atoms with Gasteiger partial charge in [-0.05, 0) is 46.2 Å².